The summed E-state index contributed by atoms with van der Waals surface area (Å²) in [6, 6.07) is 5.84. The van der Waals surface area contributed by atoms with Crippen LogP contribution in [0.3, 0.4) is 0 Å². The van der Waals surface area contributed by atoms with Crippen LogP contribution in [0.1, 0.15) is 12.0 Å². The quantitative estimate of drug-likeness (QED) is 0.139. The SMILES string of the molecule is CO/N=C(/C(=O)NOCCOC(=O)CC(=O)O)c1ccccc1Oc1nc[nH]c(=O)c1F. The molecule has 1 heterocycles. The molecule has 0 aliphatic rings. The summed E-state index contributed by atoms with van der Waals surface area (Å²) in [7, 11) is 1.18. The number of hydrogen-bond donors (Lipinski definition) is 3. The van der Waals surface area contributed by atoms with Crippen LogP contribution in [-0.4, -0.2) is 59.0 Å². The number of amides is 1. The van der Waals surface area contributed by atoms with Crippen molar-refractivity contribution in [1.82, 2.24) is 15.4 Å². The Bertz CT molecular complexity index is 1070. The fourth-order valence-electron chi connectivity index (χ4n) is 2.13. The average Bonchev–Trinajstić information content (AvgIpc) is 2.75. The van der Waals surface area contributed by atoms with Gasteiger partial charge in [-0.25, -0.2) is 10.5 Å². The fraction of sp³-hybridized carbons (Fsp3) is 0.222. The highest BCUT2D eigenvalue weighted by Gasteiger charge is 2.21. The molecule has 3 N–H and O–H groups in total. The molecule has 0 spiro atoms. The summed E-state index contributed by atoms with van der Waals surface area (Å²) in [5.74, 6) is -5.19. The van der Waals surface area contributed by atoms with E-state index in [1.807, 2.05) is 10.5 Å². The van der Waals surface area contributed by atoms with E-state index in [4.69, 9.17) is 14.7 Å². The number of rotatable bonds is 11. The lowest BCUT2D eigenvalue weighted by molar-refractivity contribution is -0.153. The standard InChI is InChI=1S/C18H17FN4O9/c1-29-22-15(17(28)23-31-7-6-30-13(26)8-12(24)25)10-4-2-3-5-11(10)32-18-14(19)16(27)20-9-21-18/h2-5,9H,6-8H2,1H3,(H,23,28)(H,24,25)(H,20,21,27)/b22-15+. The van der Waals surface area contributed by atoms with Gasteiger partial charge < -0.3 is 24.4 Å². The first-order valence-electron chi connectivity index (χ1n) is 8.74. The fourth-order valence-corrected chi connectivity index (χ4v) is 2.13. The molecule has 32 heavy (non-hydrogen) atoms. The van der Waals surface area contributed by atoms with Crippen LogP contribution in [0.25, 0.3) is 0 Å². The van der Waals surface area contributed by atoms with Gasteiger partial charge in [0.25, 0.3) is 17.3 Å². The largest absolute Gasteiger partial charge is 0.481 e. The van der Waals surface area contributed by atoms with Crippen molar-refractivity contribution in [2.24, 2.45) is 5.16 Å². The summed E-state index contributed by atoms with van der Waals surface area (Å²) in [6.45, 7) is -0.617. The third-order valence-electron chi connectivity index (χ3n) is 3.42. The molecular formula is C18H17FN4O9. The monoisotopic (exact) mass is 452 g/mol. The lowest BCUT2D eigenvalue weighted by Crippen LogP contribution is -2.33. The molecule has 170 valence electrons. The third kappa shape index (κ3) is 6.88. The Kier molecular flexibility index (Phi) is 8.79. The minimum atomic E-state index is -1.35. The number of aliphatic carboxylic acids is 1. The van der Waals surface area contributed by atoms with Crippen molar-refractivity contribution < 1.29 is 43.0 Å². The maximum Gasteiger partial charge on any atom is 0.317 e. The minimum Gasteiger partial charge on any atom is -0.481 e. The zero-order chi connectivity index (χ0) is 23.5. The number of carboxylic acids is 1. The zero-order valence-corrected chi connectivity index (χ0v) is 16.5. The number of para-hydroxylation sites is 1. The van der Waals surface area contributed by atoms with E-state index in [1.165, 1.54) is 31.4 Å². The van der Waals surface area contributed by atoms with Crippen molar-refractivity contribution in [1.29, 1.82) is 0 Å². The molecule has 13 nitrogen and oxygen atoms in total. The number of oxime groups is 1. The number of hydroxylamine groups is 1. The van der Waals surface area contributed by atoms with Crippen LogP contribution in [0.15, 0.2) is 40.5 Å². The smallest absolute Gasteiger partial charge is 0.317 e. The number of aromatic amines is 1. The summed E-state index contributed by atoms with van der Waals surface area (Å²) in [4.78, 5) is 60.5. The van der Waals surface area contributed by atoms with Crippen molar-refractivity contribution in [2.45, 2.75) is 6.42 Å². The van der Waals surface area contributed by atoms with E-state index in [9.17, 15) is 23.6 Å². The normalized spacial score (nSPS) is 10.9. The number of aromatic nitrogens is 2. The van der Waals surface area contributed by atoms with E-state index < -0.39 is 41.5 Å². The number of carboxylic acid groups (broad SMARTS) is 1. The Labute approximate surface area is 178 Å². The van der Waals surface area contributed by atoms with Crippen molar-refractivity contribution >= 4 is 23.6 Å². The highest BCUT2D eigenvalue weighted by molar-refractivity contribution is 6.45. The first-order valence-corrected chi connectivity index (χ1v) is 8.74. The molecule has 0 aliphatic carbocycles. The van der Waals surface area contributed by atoms with E-state index in [0.717, 1.165) is 6.33 Å². The van der Waals surface area contributed by atoms with Gasteiger partial charge in [-0.1, -0.05) is 17.3 Å². The molecule has 1 aromatic heterocycles. The van der Waals surface area contributed by atoms with Gasteiger partial charge in [0.2, 0.25) is 5.82 Å². The Balaban J connectivity index is 2.07. The van der Waals surface area contributed by atoms with Crippen molar-refractivity contribution in [3.63, 3.8) is 0 Å². The molecule has 0 bridgehead atoms. The molecule has 0 fully saturated rings. The second-order valence-corrected chi connectivity index (χ2v) is 5.64. The molecule has 14 heteroatoms. The van der Waals surface area contributed by atoms with E-state index in [-0.39, 0.29) is 30.2 Å². The number of H-pyrrole nitrogens is 1. The maximum absolute atomic E-state index is 13.9. The number of carbonyl (C=O) groups is 3. The second-order valence-electron chi connectivity index (χ2n) is 5.64. The second kappa shape index (κ2) is 11.8. The van der Waals surface area contributed by atoms with Gasteiger partial charge in [-0.3, -0.25) is 24.0 Å². The molecular weight excluding hydrogens is 435 g/mol. The predicted molar refractivity (Wildman–Crippen MR) is 102 cm³/mol. The van der Waals surface area contributed by atoms with Gasteiger partial charge in [-0.2, -0.15) is 4.39 Å². The topological polar surface area (TPSA) is 178 Å². The Morgan fingerprint density at radius 3 is 2.72 bits per heavy atom. The van der Waals surface area contributed by atoms with E-state index in [1.54, 1.807) is 0 Å². The number of hydrogen-bond acceptors (Lipinski definition) is 10. The number of esters is 1. The predicted octanol–water partition coefficient (Wildman–Crippen LogP) is 0.117. The molecule has 0 atom stereocenters. The summed E-state index contributed by atoms with van der Waals surface area (Å²) in [5.41, 5.74) is 0.696. The summed E-state index contributed by atoms with van der Waals surface area (Å²) < 4.78 is 23.9. The molecule has 1 amide bonds. The average molecular weight is 452 g/mol. The van der Waals surface area contributed by atoms with Crippen molar-refractivity contribution in [2.75, 3.05) is 20.3 Å². The summed E-state index contributed by atoms with van der Waals surface area (Å²) in [5, 5.41) is 12.1. The first-order chi connectivity index (χ1) is 15.3. The van der Waals surface area contributed by atoms with Crippen LogP contribution in [0.2, 0.25) is 0 Å². The number of benzene rings is 1. The van der Waals surface area contributed by atoms with E-state index >= 15 is 0 Å². The van der Waals surface area contributed by atoms with Crippen LogP contribution in [0.4, 0.5) is 4.39 Å². The van der Waals surface area contributed by atoms with Gasteiger partial charge in [0, 0.05) is 0 Å². The maximum atomic E-state index is 13.9. The van der Waals surface area contributed by atoms with Gasteiger partial charge in [-0.15, -0.1) is 0 Å². The molecule has 0 saturated carbocycles. The minimum absolute atomic E-state index is 0.0461. The van der Waals surface area contributed by atoms with Crippen molar-refractivity contribution in [3.8, 4) is 11.6 Å². The highest BCUT2D eigenvalue weighted by atomic mass is 19.1. The number of nitrogens with one attached hydrogen (secondary N) is 2. The third-order valence-corrected chi connectivity index (χ3v) is 3.42. The molecule has 2 rings (SSSR count). The lowest BCUT2D eigenvalue weighted by Gasteiger charge is -2.12. The molecule has 0 radical (unpaired) electrons. The van der Waals surface area contributed by atoms with E-state index in [0.29, 0.717) is 0 Å². The van der Waals surface area contributed by atoms with Gasteiger partial charge in [-0.05, 0) is 12.1 Å². The van der Waals surface area contributed by atoms with Crippen LogP contribution in [-0.2, 0) is 28.8 Å². The molecule has 0 saturated heterocycles. The lowest BCUT2D eigenvalue weighted by atomic mass is 10.1. The summed E-state index contributed by atoms with van der Waals surface area (Å²) in [6.07, 6.45) is 0.133. The Morgan fingerprint density at radius 2 is 2.00 bits per heavy atom. The van der Waals surface area contributed by atoms with Crippen LogP contribution >= 0.6 is 0 Å². The number of carbonyl (C=O) groups excluding carboxylic acids is 2. The van der Waals surface area contributed by atoms with Gasteiger partial charge >= 0.3 is 11.9 Å². The van der Waals surface area contributed by atoms with Gasteiger partial charge in [0.15, 0.2) is 5.71 Å². The molecule has 0 aliphatic heterocycles. The van der Waals surface area contributed by atoms with Gasteiger partial charge in [0.05, 0.1) is 11.9 Å². The zero-order valence-electron chi connectivity index (χ0n) is 16.5. The van der Waals surface area contributed by atoms with Gasteiger partial charge in [0.1, 0.15) is 32.5 Å². The molecule has 1 aromatic carbocycles. The molecule has 2 aromatic rings. The highest BCUT2D eigenvalue weighted by Crippen LogP contribution is 2.25. The van der Waals surface area contributed by atoms with Crippen LogP contribution < -0.4 is 15.8 Å². The van der Waals surface area contributed by atoms with E-state index in [2.05, 4.69) is 19.7 Å². The van der Waals surface area contributed by atoms with Crippen LogP contribution in [0, 0.1) is 5.82 Å². The van der Waals surface area contributed by atoms with Crippen molar-refractivity contribution in [3.05, 3.63) is 52.3 Å². The number of halogens is 1. The first kappa shape index (κ1) is 23.9. The number of nitrogens with zero attached hydrogens (tertiary/aromatic N) is 2. The Morgan fingerprint density at radius 1 is 1.25 bits per heavy atom. The molecule has 0 unspecified atom stereocenters. The summed E-state index contributed by atoms with van der Waals surface area (Å²) >= 11 is 0. The van der Waals surface area contributed by atoms with Crippen LogP contribution in [0.5, 0.6) is 11.6 Å². The Hall–Kier alpha value is -4.33. The number of ether oxygens (including phenoxy) is 2.